The molecule has 26 heavy (non-hydrogen) atoms. The molecule has 0 unspecified atom stereocenters. The number of methoxy groups -OCH3 is 2. The Morgan fingerprint density at radius 2 is 2.15 bits per heavy atom. The van der Waals surface area contributed by atoms with Crippen LogP contribution in [0.1, 0.15) is 18.4 Å². The minimum absolute atomic E-state index is 0.131. The Kier molecular flexibility index (Phi) is 5.36. The topological polar surface area (TPSA) is 93.7 Å². The highest BCUT2D eigenvalue weighted by atomic mass is 32.1. The van der Waals surface area contributed by atoms with E-state index in [-0.39, 0.29) is 24.8 Å². The first kappa shape index (κ1) is 18.1. The van der Waals surface area contributed by atoms with E-state index >= 15 is 0 Å². The maximum Gasteiger partial charge on any atom is 0.231 e. The normalized spacial score (nSPS) is 16.7. The first-order chi connectivity index (χ1) is 12.5. The summed E-state index contributed by atoms with van der Waals surface area (Å²) in [6.07, 6.45) is 0.893. The molecule has 3 rings (SSSR count). The summed E-state index contributed by atoms with van der Waals surface area (Å²) in [5, 5.41) is 12.0. The van der Waals surface area contributed by atoms with Crippen molar-refractivity contribution in [1.82, 2.24) is 10.2 Å². The molecule has 2 aromatic rings. The van der Waals surface area contributed by atoms with Gasteiger partial charge in [-0.15, -0.1) is 10.2 Å². The number of nitrogens with one attached hydrogen (secondary N) is 1. The summed E-state index contributed by atoms with van der Waals surface area (Å²) in [5.41, 5.74) is 0.594. The number of anilines is 2. The number of hydrogen-bond donors (Lipinski definition) is 1. The Labute approximate surface area is 155 Å². The van der Waals surface area contributed by atoms with Crippen molar-refractivity contribution in [3.8, 4) is 11.5 Å². The number of aryl methyl sites for hydroxylation is 1. The molecule has 1 aliphatic heterocycles. The molecule has 0 saturated carbocycles. The summed E-state index contributed by atoms with van der Waals surface area (Å²) >= 11 is 1.34. The molecule has 1 aromatic heterocycles. The van der Waals surface area contributed by atoms with Crippen molar-refractivity contribution in [1.29, 1.82) is 0 Å². The lowest BCUT2D eigenvalue weighted by Crippen LogP contribution is -2.28. The summed E-state index contributed by atoms with van der Waals surface area (Å²) in [6.45, 7) is 2.24. The average Bonchev–Trinajstić information content (AvgIpc) is 3.27. The Balaban J connectivity index is 1.75. The van der Waals surface area contributed by atoms with Gasteiger partial charge in [-0.2, -0.15) is 0 Å². The van der Waals surface area contributed by atoms with Crippen molar-refractivity contribution in [3.63, 3.8) is 0 Å². The standard InChI is InChI=1S/C17H20N4O4S/c1-4-14-19-20-17(26-14)18-16(23)10-7-15(22)21(9-10)12-8-11(24-2)5-6-13(12)25-3/h5-6,8,10H,4,7,9H2,1-3H3,(H,18,20,23)/t10-/m0/s1. The highest BCUT2D eigenvalue weighted by Gasteiger charge is 2.36. The number of aromatic nitrogens is 2. The van der Waals surface area contributed by atoms with Crippen LogP contribution < -0.4 is 19.7 Å². The number of carbonyl (C=O) groups excluding carboxylic acids is 2. The number of carbonyl (C=O) groups is 2. The fourth-order valence-electron chi connectivity index (χ4n) is 2.78. The van der Waals surface area contributed by atoms with Crippen LogP contribution in [0.5, 0.6) is 11.5 Å². The minimum atomic E-state index is -0.465. The molecular formula is C17H20N4O4S. The smallest absolute Gasteiger partial charge is 0.231 e. The summed E-state index contributed by atoms with van der Waals surface area (Å²) < 4.78 is 10.6. The van der Waals surface area contributed by atoms with Gasteiger partial charge in [0, 0.05) is 19.0 Å². The van der Waals surface area contributed by atoms with Crippen molar-refractivity contribution in [2.24, 2.45) is 5.92 Å². The zero-order valence-corrected chi connectivity index (χ0v) is 15.6. The Morgan fingerprint density at radius 1 is 1.35 bits per heavy atom. The molecule has 1 fully saturated rings. The van der Waals surface area contributed by atoms with Gasteiger partial charge in [-0.1, -0.05) is 18.3 Å². The van der Waals surface area contributed by atoms with Crippen LogP contribution in [-0.2, 0) is 16.0 Å². The van der Waals surface area contributed by atoms with Crippen molar-refractivity contribution >= 4 is 34.0 Å². The third kappa shape index (κ3) is 3.62. The summed E-state index contributed by atoms with van der Waals surface area (Å²) in [7, 11) is 3.09. The number of ether oxygens (including phenoxy) is 2. The third-order valence-electron chi connectivity index (χ3n) is 4.17. The Bertz CT molecular complexity index is 823. The monoisotopic (exact) mass is 376 g/mol. The lowest BCUT2D eigenvalue weighted by Gasteiger charge is -2.20. The number of benzene rings is 1. The van der Waals surface area contributed by atoms with Crippen LogP contribution in [0.3, 0.4) is 0 Å². The molecular weight excluding hydrogens is 356 g/mol. The molecule has 2 heterocycles. The van der Waals surface area contributed by atoms with Gasteiger partial charge in [0.25, 0.3) is 0 Å². The van der Waals surface area contributed by atoms with E-state index in [2.05, 4.69) is 15.5 Å². The summed E-state index contributed by atoms with van der Waals surface area (Å²) in [4.78, 5) is 26.5. The van der Waals surface area contributed by atoms with Gasteiger partial charge in [-0.25, -0.2) is 0 Å². The van der Waals surface area contributed by atoms with Crippen LogP contribution in [0.25, 0.3) is 0 Å². The number of amides is 2. The molecule has 1 N–H and O–H groups in total. The SMILES string of the molecule is CCc1nnc(NC(=O)[C@H]2CC(=O)N(c3cc(OC)ccc3OC)C2)s1. The van der Waals surface area contributed by atoms with Gasteiger partial charge >= 0.3 is 0 Å². The van der Waals surface area contributed by atoms with Crippen molar-refractivity contribution in [2.45, 2.75) is 19.8 Å². The van der Waals surface area contributed by atoms with E-state index in [0.717, 1.165) is 11.4 Å². The maximum atomic E-state index is 12.5. The van der Waals surface area contributed by atoms with Gasteiger partial charge in [0.15, 0.2) is 0 Å². The van der Waals surface area contributed by atoms with Gasteiger partial charge in [-0.05, 0) is 18.6 Å². The molecule has 1 atom stereocenters. The fourth-order valence-corrected chi connectivity index (χ4v) is 3.46. The summed E-state index contributed by atoms with van der Waals surface area (Å²) in [6, 6.07) is 5.23. The number of hydrogen-bond acceptors (Lipinski definition) is 7. The largest absolute Gasteiger partial charge is 0.497 e. The Morgan fingerprint density at radius 3 is 2.81 bits per heavy atom. The third-order valence-corrected chi connectivity index (χ3v) is 5.16. The van der Waals surface area contributed by atoms with Crippen molar-refractivity contribution < 1.29 is 19.1 Å². The van der Waals surface area contributed by atoms with E-state index in [1.165, 1.54) is 18.4 Å². The van der Waals surface area contributed by atoms with Crippen LogP contribution in [0.2, 0.25) is 0 Å². The van der Waals surface area contributed by atoms with Crippen LogP contribution in [0, 0.1) is 5.92 Å². The van der Waals surface area contributed by atoms with Gasteiger partial charge in [0.1, 0.15) is 16.5 Å². The molecule has 1 aromatic carbocycles. The van der Waals surface area contributed by atoms with E-state index < -0.39 is 5.92 Å². The van der Waals surface area contributed by atoms with Crippen molar-refractivity contribution in [2.75, 3.05) is 31.0 Å². The van der Waals surface area contributed by atoms with Gasteiger partial charge < -0.3 is 19.7 Å². The molecule has 0 spiro atoms. The van der Waals surface area contributed by atoms with E-state index in [1.807, 2.05) is 6.92 Å². The second-order valence-corrected chi connectivity index (χ2v) is 6.85. The van der Waals surface area contributed by atoms with Crippen LogP contribution in [0.15, 0.2) is 18.2 Å². The second-order valence-electron chi connectivity index (χ2n) is 5.79. The van der Waals surface area contributed by atoms with Crippen LogP contribution in [0.4, 0.5) is 10.8 Å². The van der Waals surface area contributed by atoms with Gasteiger partial charge in [-0.3, -0.25) is 9.59 Å². The van der Waals surface area contributed by atoms with Crippen molar-refractivity contribution in [3.05, 3.63) is 23.2 Å². The van der Waals surface area contributed by atoms with Gasteiger partial charge in [0.2, 0.25) is 16.9 Å². The predicted molar refractivity (Wildman–Crippen MR) is 97.9 cm³/mol. The maximum absolute atomic E-state index is 12.5. The minimum Gasteiger partial charge on any atom is -0.497 e. The highest BCUT2D eigenvalue weighted by Crippen LogP contribution is 2.36. The molecule has 1 saturated heterocycles. The number of nitrogens with zero attached hydrogens (tertiary/aromatic N) is 3. The molecule has 9 heteroatoms. The molecule has 0 aliphatic carbocycles. The fraction of sp³-hybridized carbons (Fsp3) is 0.412. The Hall–Kier alpha value is -2.68. The number of rotatable bonds is 6. The lowest BCUT2D eigenvalue weighted by molar-refractivity contribution is -0.122. The van der Waals surface area contributed by atoms with E-state index in [9.17, 15) is 9.59 Å². The van der Waals surface area contributed by atoms with E-state index in [1.54, 1.807) is 30.2 Å². The lowest BCUT2D eigenvalue weighted by atomic mass is 10.1. The zero-order valence-electron chi connectivity index (χ0n) is 14.8. The van der Waals surface area contributed by atoms with Crippen LogP contribution in [-0.4, -0.2) is 42.8 Å². The van der Waals surface area contributed by atoms with Crippen LogP contribution >= 0.6 is 11.3 Å². The second kappa shape index (κ2) is 7.69. The first-order valence-electron chi connectivity index (χ1n) is 8.21. The zero-order chi connectivity index (χ0) is 18.7. The molecule has 8 nitrogen and oxygen atoms in total. The van der Waals surface area contributed by atoms with E-state index in [4.69, 9.17) is 9.47 Å². The highest BCUT2D eigenvalue weighted by molar-refractivity contribution is 7.15. The molecule has 138 valence electrons. The predicted octanol–water partition coefficient (Wildman–Crippen LogP) is 2.11. The molecule has 1 aliphatic rings. The first-order valence-corrected chi connectivity index (χ1v) is 9.03. The molecule has 0 bridgehead atoms. The van der Waals surface area contributed by atoms with E-state index in [0.29, 0.717) is 22.3 Å². The molecule has 2 amide bonds. The summed E-state index contributed by atoms with van der Waals surface area (Å²) in [5.74, 6) is 0.330. The van der Waals surface area contributed by atoms with Gasteiger partial charge in [0.05, 0.1) is 25.8 Å². The molecule has 0 radical (unpaired) electrons. The average molecular weight is 376 g/mol. The quantitative estimate of drug-likeness (QED) is 0.830.